The van der Waals surface area contributed by atoms with Crippen molar-refractivity contribution in [1.82, 2.24) is 4.31 Å². The molecule has 1 N–H and O–H groups in total. The van der Waals surface area contributed by atoms with E-state index in [0.717, 1.165) is 28.3 Å². The fraction of sp³-hybridized carbons (Fsp3) is 0.409. The molecule has 1 fully saturated rings. The molecule has 2 aromatic rings. The number of anilines is 1. The van der Waals surface area contributed by atoms with Gasteiger partial charge in [0.15, 0.2) is 0 Å². The maximum absolute atomic E-state index is 13.8. The Morgan fingerprint density at radius 3 is 2.10 bits per heavy atom. The third kappa shape index (κ3) is 4.25. The zero-order chi connectivity index (χ0) is 22.2. The van der Waals surface area contributed by atoms with E-state index in [4.69, 9.17) is 0 Å². The molecule has 30 heavy (non-hydrogen) atoms. The zero-order valence-electron chi connectivity index (χ0n) is 17.6. The van der Waals surface area contributed by atoms with Gasteiger partial charge in [-0.3, -0.25) is 4.79 Å². The minimum atomic E-state index is -3.69. The van der Waals surface area contributed by atoms with Crippen molar-refractivity contribution in [1.29, 1.82) is 0 Å². The normalized spacial score (nSPS) is 15.9. The van der Waals surface area contributed by atoms with E-state index >= 15 is 0 Å². The molecule has 1 amide bonds. The van der Waals surface area contributed by atoms with E-state index in [9.17, 15) is 22.0 Å². The lowest BCUT2D eigenvalue weighted by molar-refractivity contribution is -0.120. The van der Waals surface area contributed by atoms with Crippen LogP contribution >= 0.6 is 0 Å². The first-order chi connectivity index (χ1) is 14.0. The van der Waals surface area contributed by atoms with Gasteiger partial charge in [0.2, 0.25) is 15.9 Å². The van der Waals surface area contributed by atoms with Gasteiger partial charge >= 0.3 is 0 Å². The lowest BCUT2D eigenvalue weighted by Gasteiger charge is -2.31. The number of hydrogen-bond acceptors (Lipinski definition) is 3. The quantitative estimate of drug-likeness (QED) is 0.780. The van der Waals surface area contributed by atoms with Crippen LogP contribution in [0.25, 0.3) is 0 Å². The highest BCUT2D eigenvalue weighted by atomic mass is 32.2. The van der Waals surface area contributed by atoms with E-state index in [2.05, 4.69) is 5.32 Å². The van der Waals surface area contributed by atoms with Gasteiger partial charge in [-0.2, -0.15) is 4.31 Å². The van der Waals surface area contributed by atoms with Gasteiger partial charge in [0, 0.05) is 25.1 Å². The summed E-state index contributed by atoms with van der Waals surface area (Å²) in [5.41, 5.74) is 3.24. The molecule has 0 unspecified atom stereocenters. The maximum Gasteiger partial charge on any atom is 0.243 e. The standard InChI is InChI=1S/C22H26F2N2O3S/c1-13-11-14(2)16(4)21(15(13)3)30(28,29)26-9-7-17(8-10-26)22(27)25-20-6-5-18(23)12-19(20)24/h5-6,11-12,17H,7-10H2,1-4H3,(H,25,27). The van der Waals surface area contributed by atoms with Gasteiger partial charge in [-0.1, -0.05) is 6.07 Å². The molecule has 1 heterocycles. The van der Waals surface area contributed by atoms with Gasteiger partial charge in [0.1, 0.15) is 11.6 Å². The molecule has 0 bridgehead atoms. The summed E-state index contributed by atoms with van der Waals surface area (Å²) in [5, 5.41) is 2.48. The molecular weight excluding hydrogens is 410 g/mol. The van der Waals surface area contributed by atoms with E-state index in [1.807, 2.05) is 33.8 Å². The molecule has 1 aliphatic heterocycles. The summed E-state index contributed by atoms with van der Waals surface area (Å²) in [7, 11) is -3.69. The number of nitrogens with zero attached hydrogens (tertiary/aromatic N) is 1. The first-order valence-corrected chi connectivity index (χ1v) is 11.3. The van der Waals surface area contributed by atoms with Gasteiger partial charge in [-0.15, -0.1) is 0 Å². The number of nitrogens with one attached hydrogen (secondary N) is 1. The van der Waals surface area contributed by atoms with Crippen LogP contribution in [0.15, 0.2) is 29.2 Å². The molecule has 2 aromatic carbocycles. The average molecular weight is 437 g/mol. The van der Waals surface area contributed by atoms with E-state index in [1.54, 1.807) is 0 Å². The number of aryl methyl sites for hydroxylation is 2. The third-order valence-corrected chi connectivity index (χ3v) is 8.08. The number of hydrogen-bond donors (Lipinski definition) is 1. The number of rotatable bonds is 4. The molecule has 8 heteroatoms. The average Bonchev–Trinajstić information content (AvgIpc) is 2.68. The Balaban J connectivity index is 1.73. The van der Waals surface area contributed by atoms with Crippen molar-refractivity contribution in [3.8, 4) is 0 Å². The molecule has 3 rings (SSSR count). The fourth-order valence-corrected chi connectivity index (χ4v) is 5.93. The molecule has 1 aliphatic rings. The second-order valence-corrected chi connectivity index (χ2v) is 9.76. The Morgan fingerprint density at radius 1 is 1.00 bits per heavy atom. The predicted molar refractivity (Wildman–Crippen MR) is 112 cm³/mol. The van der Waals surface area contributed by atoms with Crippen LogP contribution in [0.5, 0.6) is 0 Å². The smallest absolute Gasteiger partial charge is 0.243 e. The molecule has 0 saturated carbocycles. The number of carbonyl (C=O) groups is 1. The molecule has 5 nitrogen and oxygen atoms in total. The number of sulfonamides is 1. The van der Waals surface area contributed by atoms with Gasteiger partial charge < -0.3 is 5.32 Å². The summed E-state index contributed by atoms with van der Waals surface area (Å²) in [6.07, 6.45) is 0.660. The highest BCUT2D eigenvalue weighted by molar-refractivity contribution is 7.89. The van der Waals surface area contributed by atoms with Crippen molar-refractivity contribution >= 4 is 21.6 Å². The van der Waals surface area contributed by atoms with Crippen LogP contribution in [-0.4, -0.2) is 31.7 Å². The number of halogens is 2. The van der Waals surface area contributed by atoms with E-state index < -0.39 is 33.5 Å². The van der Waals surface area contributed by atoms with Gasteiger partial charge in [0.05, 0.1) is 10.6 Å². The maximum atomic E-state index is 13.8. The minimum Gasteiger partial charge on any atom is -0.323 e. The molecule has 0 aliphatic carbocycles. The van der Waals surface area contributed by atoms with Crippen molar-refractivity contribution in [3.63, 3.8) is 0 Å². The summed E-state index contributed by atoms with van der Waals surface area (Å²) < 4.78 is 54.9. The van der Waals surface area contributed by atoms with Crippen LogP contribution in [0.3, 0.4) is 0 Å². The molecule has 0 radical (unpaired) electrons. The second kappa shape index (κ2) is 8.43. The molecule has 1 saturated heterocycles. The Labute approximate surface area is 176 Å². The van der Waals surface area contributed by atoms with Crippen LogP contribution in [0.1, 0.15) is 35.1 Å². The minimum absolute atomic E-state index is 0.0852. The van der Waals surface area contributed by atoms with Gasteiger partial charge in [0.25, 0.3) is 0 Å². The zero-order valence-corrected chi connectivity index (χ0v) is 18.4. The lowest BCUT2D eigenvalue weighted by atomic mass is 9.97. The topological polar surface area (TPSA) is 66.5 Å². The third-order valence-electron chi connectivity index (χ3n) is 5.91. The lowest BCUT2D eigenvalue weighted by Crippen LogP contribution is -2.42. The second-order valence-electron chi connectivity index (χ2n) is 7.88. The van der Waals surface area contributed by atoms with Crippen molar-refractivity contribution in [2.24, 2.45) is 5.92 Å². The Kier molecular flexibility index (Phi) is 6.29. The van der Waals surface area contributed by atoms with Crippen molar-refractivity contribution in [3.05, 3.63) is 58.2 Å². The first-order valence-electron chi connectivity index (χ1n) is 9.86. The van der Waals surface area contributed by atoms with E-state index in [1.165, 1.54) is 10.4 Å². The largest absolute Gasteiger partial charge is 0.323 e. The molecule has 0 atom stereocenters. The van der Waals surface area contributed by atoms with Crippen LogP contribution in [-0.2, 0) is 14.8 Å². The Bertz CT molecular complexity index is 1070. The fourth-order valence-electron chi connectivity index (χ4n) is 3.88. The van der Waals surface area contributed by atoms with Crippen LogP contribution in [0.2, 0.25) is 0 Å². The number of benzene rings is 2. The SMILES string of the molecule is Cc1cc(C)c(C)c(S(=O)(=O)N2CCC(C(=O)Nc3ccc(F)cc3F)CC2)c1C. The predicted octanol–water partition coefficient (Wildman–Crippen LogP) is 4.24. The van der Waals surface area contributed by atoms with E-state index in [-0.39, 0.29) is 18.8 Å². The number of amides is 1. The summed E-state index contributed by atoms with van der Waals surface area (Å²) in [6.45, 7) is 7.83. The van der Waals surface area contributed by atoms with E-state index in [0.29, 0.717) is 23.8 Å². The van der Waals surface area contributed by atoms with Gasteiger partial charge in [-0.05, 0) is 74.9 Å². The highest BCUT2D eigenvalue weighted by Gasteiger charge is 2.34. The van der Waals surface area contributed by atoms with Gasteiger partial charge in [-0.25, -0.2) is 17.2 Å². The molecule has 0 spiro atoms. The van der Waals surface area contributed by atoms with Crippen molar-refractivity contribution in [2.45, 2.75) is 45.4 Å². The number of carbonyl (C=O) groups excluding carboxylic acids is 1. The summed E-state index contributed by atoms with van der Waals surface area (Å²) in [6, 6.07) is 4.93. The first kappa shape index (κ1) is 22.4. The van der Waals surface area contributed by atoms with Crippen LogP contribution < -0.4 is 5.32 Å². The Hall–Kier alpha value is -2.32. The molecule has 0 aromatic heterocycles. The van der Waals surface area contributed by atoms with Crippen molar-refractivity contribution < 1.29 is 22.0 Å². The molecule has 162 valence electrons. The van der Waals surface area contributed by atoms with Crippen LogP contribution in [0.4, 0.5) is 14.5 Å². The monoisotopic (exact) mass is 436 g/mol. The van der Waals surface area contributed by atoms with Crippen LogP contribution in [0, 0.1) is 45.2 Å². The highest BCUT2D eigenvalue weighted by Crippen LogP contribution is 2.31. The summed E-state index contributed by atoms with van der Waals surface area (Å²) in [5.74, 6) is -2.40. The molecular formula is C22H26F2N2O3S. The summed E-state index contributed by atoms with van der Waals surface area (Å²) in [4.78, 5) is 12.8. The Morgan fingerprint density at radius 2 is 1.57 bits per heavy atom. The van der Waals surface area contributed by atoms with Crippen molar-refractivity contribution in [2.75, 3.05) is 18.4 Å². The number of piperidine rings is 1. The summed E-state index contributed by atoms with van der Waals surface area (Å²) >= 11 is 0.